The summed E-state index contributed by atoms with van der Waals surface area (Å²) < 4.78 is 4.17. The molecule has 194 valence electrons. The number of benzene rings is 1. The summed E-state index contributed by atoms with van der Waals surface area (Å²) in [6.45, 7) is 15.2. The number of likely N-dealkylation sites (tertiary alicyclic amines) is 1. The average molecular weight is 513 g/mol. The van der Waals surface area contributed by atoms with Crippen molar-refractivity contribution in [1.29, 1.82) is 0 Å². The summed E-state index contributed by atoms with van der Waals surface area (Å²) >= 11 is 1.59. The van der Waals surface area contributed by atoms with Crippen LogP contribution < -0.4 is 4.90 Å². The van der Waals surface area contributed by atoms with Crippen molar-refractivity contribution < 1.29 is 24.2 Å². The van der Waals surface area contributed by atoms with Gasteiger partial charge in [0.25, 0.3) is 5.91 Å². The van der Waals surface area contributed by atoms with Gasteiger partial charge in [0.15, 0.2) is 0 Å². The summed E-state index contributed by atoms with van der Waals surface area (Å²) in [5.74, 6) is -2.25. The monoisotopic (exact) mass is 512 g/mol. The van der Waals surface area contributed by atoms with Crippen LogP contribution in [0.4, 0.5) is 5.69 Å². The number of ether oxygens (including phenoxy) is 1. The number of aliphatic hydroxyl groups is 1. The number of anilines is 1. The fourth-order valence-electron chi connectivity index (χ4n) is 6.39. The number of nitrogens with zero attached hydrogens (tertiary/aromatic N) is 2. The lowest BCUT2D eigenvalue weighted by atomic mass is 9.66. The van der Waals surface area contributed by atoms with Crippen molar-refractivity contribution in [2.75, 3.05) is 24.7 Å². The van der Waals surface area contributed by atoms with Gasteiger partial charge in [0, 0.05) is 17.0 Å². The average Bonchev–Trinajstić information content (AvgIpc) is 3.42. The molecule has 3 saturated heterocycles. The molecule has 1 aromatic carbocycles. The summed E-state index contributed by atoms with van der Waals surface area (Å²) in [7, 11) is 0. The zero-order valence-corrected chi connectivity index (χ0v) is 22.3. The van der Waals surface area contributed by atoms with Crippen LogP contribution in [0.1, 0.15) is 37.8 Å². The lowest BCUT2D eigenvalue weighted by Gasteiger charge is -2.39. The van der Waals surface area contributed by atoms with Crippen LogP contribution in [-0.2, 0) is 19.1 Å². The quantitative estimate of drug-likeness (QED) is 0.403. The van der Waals surface area contributed by atoms with Gasteiger partial charge in [-0.3, -0.25) is 14.4 Å². The second-order valence-corrected chi connectivity index (χ2v) is 12.3. The Bertz CT molecular complexity index is 1110. The highest BCUT2D eigenvalue weighted by atomic mass is 32.2. The number of rotatable bonds is 9. The molecule has 0 aromatic heterocycles. The Morgan fingerprint density at radius 2 is 2.03 bits per heavy atom. The highest BCUT2D eigenvalue weighted by Crippen LogP contribution is 2.71. The number of aryl methyl sites for hydroxylation is 2. The number of carbonyl (C=O) groups excluding carboxylic acids is 3. The standard InChI is InChI=1S/C28H36N2O5S/c1-7-13-29(20-15-17(3)9-10-18(20)4)25(33)23-28-12-11-27(6,36-28)22(26(34)35-14-8-2)21(28)24(32)30(23)19(5)16-31/h7-10,15,19,21-23,31H,1-2,11-14,16H2,3-6H3/t19-,21+,22-,23?,27+,28?/m1/s1. The molecule has 2 bridgehead atoms. The normalized spacial score (nSPS) is 31.2. The van der Waals surface area contributed by atoms with Gasteiger partial charge < -0.3 is 19.6 Å². The highest BCUT2D eigenvalue weighted by molar-refractivity contribution is 8.02. The number of thioether (sulfide) groups is 1. The van der Waals surface area contributed by atoms with E-state index in [1.807, 2.05) is 39.0 Å². The smallest absolute Gasteiger partial charge is 0.311 e. The highest BCUT2D eigenvalue weighted by Gasteiger charge is 2.78. The molecule has 1 aromatic rings. The SMILES string of the molecule is C=CCOC(=O)[C@H]1[C@H]2C(=O)N([C@H](C)CO)C(C(=O)N(CC=C)c3cc(C)ccc3C)C23CC[C@]1(C)S3. The van der Waals surface area contributed by atoms with Gasteiger partial charge in [-0.2, -0.15) is 0 Å². The van der Waals surface area contributed by atoms with E-state index in [9.17, 15) is 19.5 Å². The molecule has 3 aliphatic heterocycles. The van der Waals surface area contributed by atoms with Gasteiger partial charge in [-0.15, -0.1) is 18.3 Å². The summed E-state index contributed by atoms with van der Waals surface area (Å²) in [6.07, 6.45) is 4.53. The molecular formula is C28H36N2O5S. The summed E-state index contributed by atoms with van der Waals surface area (Å²) in [4.78, 5) is 45.0. The largest absolute Gasteiger partial charge is 0.461 e. The van der Waals surface area contributed by atoms with Crippen LogP contribution in [0.5, 0.6) is 0 Å². The van der Waals surface area contributed by atoms with Gasteiger partial charge in [0.1, 0.15) is 12.6 Å². The van der Waals surface area contributed by atoms with Crippen LogP contribution in [0.3, 0.4) is 0 Å². The Hall–Kier alpha value is -2.58. The molecule has 0 aliphatic carbocycles. The zero-order chi connectivity index (χ0) is 26.4. The molecule has 8 heteroatoms. The molecule has 3 fully saturated rings. The van der Waals surface area contributed by atoms with Gasteiger partial charge >= 0.3 is 5.97 Å². The molecular weight excluding hydrogens is 476 g/mol. The predicted octanol–water partition coefficient (Wildman–Crippen LogP) is 3.41. The Balaban J connectivity index is 1.83. The first-order valence-corrected chi connectivity index (χ1v) is 13.3. The number of carbonyl (C=O) groups is 3. The molecule has 4 rings (SSSR count). The van der Waals surface area contributed by atoms with Gasteiger partial charge in [0.05, 0.1) is 29.2 Å². The van der Waals surface area contributed by atoms with Crippen molar-refractivity contribution >= 4 is 35.2 Å². The maximum atomic E-state index is 14.5. The Morgan fingerprint density at radius 1 is 1.31 bits per heavy atom. The maximum Gasteiger partial charge on any atom is 0.311 e. The number of aliphatic hydroxyl groups excluding tert-OH is 1. The van der Waals surface area contributed by atoms with Crippen molar-refractivity contribution in [2.45, 2.75) is 62.1 Å². The maximum absolute atomic E-state index is 14.5. The van der Waals surface area contributed by atoms with Crippen LogP contribution >= 0.6 is 11.8 Å². The van der Waals surface area contributed by atoms with E-state index in [4.69, 9.17) is 4.74 Å². The van der Waals surface area contributed by atoms with E-state index in [0.717, 1.165) is 16.8 Å². The second kappa shape index (κ2) is 9.71. The Labute approximate surface area is 217 Å². The van der Waals surface area contributed by atoms with Crippen molar-refractivity contribution in [1.82, 2.24) is 4.90 Å². The summed E-state index contributed by atoms with van der Waals surface area (Å²) in [6, 6.07) is 4.55. The summed E-state index contributed by atoms with van der Waals surface area (Å²) in [5.41, 5.74) is 2.73. The van der Waals surface area contributed by atoms with E-state index >= 15 is 0 Å². The van der Waals surface area contributed by atoms with Crippen LogP contribution in [0.25, 0.3) is 0 Å². The lowest BCUT2D eigenvalue weighted by molar-refractivity contribution is -0.155. The van der Waals surface area contributed by atoms with Crippen molar-refractivity contribution in [3.05, 3.63) is 54.6 Å². The van der Waals surface area contributed by atoms with E-state index < -0.39 is 39.4 Å². The Morgan fingerprint density at radius 3 is 2.67 bits per heavy atom. The lowest BCUT2D eigenvalue weighted by Crippen LogP contribution is -2.57. The van der Waals surface area contributed by atoms with Crippen molar-refractivity contribution in [3.8, 4) is 0 Å². The molecule has 3 aliphatic rings. The van der Waals surface area contributed by atoms with Crippen LogP contribution in [0.15, 0.2) is 43.5 Å². The van der Waals surface area contributed by atoms with E-state index in [2.05, 4.69) is 13.2 Å². The fraction of sp³-hybridized carbons (Fsp3) is 0.536. The predicted molar refractivity (Wildman–Crippen MR) is 142 cm³/mol. The van der Waals surface area contributed by atoms with Gasteiger partial charge in [-0.05, 0) is 57.7 Å². The molecule has 7 nitrogen and oxygen atoms in total. The molecule has 1 N–H and O–H groups in total. The minimum atomic E-state index is -0.818. The minimum absolute atomic E-state index is 0.0723. The second-order valence-electron chi connectivity index (χ2n) is 10.5. The first kappa shape index (κ1) is 26.5. The molecule has 3 heterocycles. The number of esters is 1. The zero-order valence-electron chi connectivity index (χ0n) is 21.5. The molecule has 6 atom stereocenters. The van der Waals surface area contributed by atoms with E-state index in [0.29, 0.717) is 12.8 Å². The minimum Gasteiger partial charge on any atom is -0.461 e. The Kier molecular flexibility index (Phi) is 7.14. The molecule has 1 spiro atoms. The third kappa shape index (κ3) is 3.89. The van der Waals surface area contributed by atoms with Gasteiger partial charge in [0.2, 0.25) is 5.91 Å². The van der Waals surface area contributed by atoms with Gasteiger partial charge in [-0.1, -0.05) is 30.9 Å². The first-order chi connectivity index (χ1) is 17.1. The number of fused-ring (bicyclic) bond motifs is 1. The van der Waals surface area contributed by atoms with E-state index in [-0.39, 0.29) is 31.6 Å². The number of hydrogen-bond donors (Lipinski definition) is 1. The van der Waals surface area contributed by atoms with Crippen molar-refractivity contribution in [2.24, 2.45) is 11.8 Å². The van der Waals surface area contributed by atoms with E-state index in [1.165, 1.54) is 6.08 Å². The molecule has 0 saturated carbocycles. The molecule has 0 radical (unpaired) electrons. The summed E-state index contributed by atoms with van der Waals surface area (Å²) in [5, 5.41) is 10.1. The topological polar surface area (TPSA) is 87.1 Å². The van der Waals surface area contributed by atoms with E-state index in [1.54, 1.807) is 34.6 Å². The van der Waals surface area contributed by atoms with Crippen molar-refractivity contribution in [3.63, 3.8) is 0 Å². The van der Waals surface area contributed by atoms with Gasteiger partial charge in [-0.25, -0.2) is 0 Å². The third-order valence-corrected chi connectivity index (χ3v) is 10.0. The molecule has 36 heavy (non-hydrogen) atoms. The number of amides is 2. The fourth-order valence-corrected chi connectivity index (χ4v) is 8.71. The first-order valence-electron chi connectivity index (χ1n) is 12.5. The van der Waals surface area contributed by atoms with Crippen LogP contribution in [0, 0.1) is 25.7 Å². The number of hydrogen-bond acceptors (Lipinski definition) is 6. The molecule has 2 unspecified atom stereocenters. The van der Waals surface area contributed by atoms with Crippen LogP contribution in [0.2, 0.25) is 0 Å². The van der Waals surface area contributed by atoms with Crippen LogP contribution in [-0.4, -0.2) is 69.1 Å². The molecule has 2 amide bonds. The third-order valence-electron chi connectivity index (χ3n) is 8.02.